The number of rotatable bonds is 8. The second-order valence-corrected chi connectivity index (χ2v) is 10.2. The highest BCUT2D eigenvalue weighted by Crippen LogP contribution is 2.41. The van der Waals surface area contributed by atoms with Crippen LogP contribution in [0.25, 0.3) is 5.76 Å². The summed E-state index contributed by atoms with van der Waals surface area (Å²) in [7, 11) is 0. The SMILES string of the molecule is Cc1cccc(COc2ccc(C(O)=C3C(=O)C(=O)N(CCN4CCOCC4)[C@@H]3c3cccs3)cc2)c1. The number of carbonyl (C=O) groups excluding carboxylic acids is 2. The average molecular weight is 519 g/mol. The molecule has 0 radical (unpaired) electrons. The number of benzene rings is 2. The number of hydrogen-bond acceptors (Lipinski definition) is 7. The maximum atomic E-state index is 13.2. The molecule has 1 N–H and O–H groups in total. The molecule has 2 aliphatic heterocycles. The zero-order chi connectivity index (χ0) is 25.8. The monoisotopic (exact) mass is 518 g/mol. The zero-order valence-electron chi connectivity index (χ0n) is 20.8. The Morgan fingerprint density at radius 3 is 2.54 bits per heavy atom. The van der Waals surface area contributed by atoms with Crippen molar-refractivity contribution in [2.24, 2.45) is 0 Å². The second-order valence-electron chi connectivity index (χ2n) is 9.26. The van der Waals surface area contributed by atoms with E-state index < -0.39 is 17.7 Å². The number of aryl methyl sites for hydroxylation is 1. The number of aliphatic hydroxyl groups is 1. The van der Waals surface area contributed by atoms with Gasteiger partial charge in [0.25, 0.3) is 11.7 Å². The number of amides is 1. The van der Waals surface area contributed by atoms with Crippen molar-refractivity contribution in [2.75, 3.05) is 39.4 Å². The van der Waals surface area contributed by atoms with E-state index in [1.165, 1.54) is 16.9 Å². The summed E-state index contributed by atoms with van der Waals surface area (Å²) in [6.07, 6.45) is 0. The van der Waals surface area contributed by atoms with Crippen LogP contribution in [0.2, 0.25) is 0 Å². The van der Waals surface area contributed by atoms with Crippen molar-refractivity contribution >= 4 is 28.8 Å². The first kappa shape index (κ1) is 25.2. The van der Waals surface area contributed by atoms with Crippen molar-refractivity contribution in [1.82, 2.24) is 9.80 Å². The number of ketones is 1. The van der Waals surface area contributed by atoms with Crippen molar-refractivity contribution in [3.63, 3.8) is 0 Å². The minimum atomic E-state index is -0.655. The molecule has 7 nitrogen and oxygen atoms in total. The lowest BCUT2D eigenvalue weighted by molar-refractivity contribution is -0.140. The quantitative estimate of drug-likeness (QED) is 0.271. The fourth-order valence-corrected chi connectivity index (χ4v) is 5.61. The van der Waals surface area contributed by atoms with E-state index in [1.54, 1.807) is 29.2 Å². The Hall–Kier alpha value is -3.46. The molecule has 0 spiro atoms. The summed E-state index contributed by atoms with van der Waals surface area (Å²) in [5.41, 5.74) is 2.83. The summed E-state index contributed by atoms with van der Waals surface area (Å²) in [6.45, 7) is 6.44. The summed E-state index contributed by atoms with van der Waals surface area (Å²) >= 11 is 1.47. The lowest BCUT2D eigenvalue weighted by Gasteiger charge is -2.30. The Kier molecular flexibility index (Phi) is 7.69. The Morgan fingerprint density at radius 1 is 1.05 bits per heavy atom. The van der Waals surface area contributed by atoms with Crippen LogP contribution in [0.1, 0.15) is 27.6 Å². The molecule has 192 valence electrons. The van der Waals surface area contributed by atoms with Crippen molar-refractivity contribution in [3.8, 4) is 5.75 Å². The first-order valence-electron chi connectivity index (χ1n) is 12.4. The van der Waals surface area contributed by atoms with E-state index in [2.05, 4.69) is 11.0 Å². The molecule has 0 bridgehead atoms. The third-order valence-corrected chi connectivity index (χ3v) is 7.65. The zero-order valence-corrected chi connectivity index (χ0v) is 21.6. The van der Waals surface area contributed by atoms with Gasteiger partial charge in [0.15, 0.2) is 0 Å². The van der Waals surface area contributed by atoms with Crippen molar-refractivity contribution < 1.29 is 24.2 Å². The highest BCUT2D eigenvalue weighted by molar-refractivity contribution is 7.10. The number of carbonyl (C=O) groups is 2. The molecule has 2 fully saturated rings. The van der Waals surface area contributed by atoms with Crippen LogP contribution in [-0.4, -0.2) is 66.0 Å². The van der Waals surface area contributed by atoms with Gasteiger partial charge in [0.1, 0.15) is 18.1 Å². The topological polar surface area (TPSA) is 79.3 Å². The Balaban J connectivity index is 1.37. The lowest BCUT2D eigenvalue weighted by Crippen LogP contribution is -2.42. The molecular weight excluding hydrogens is 488 g/mol. The number of nitrogens with zero attached hydrogens (tertiary/aromatic N) is 2. The van der Waals surface area contributed by atoms with Crippen LogP contribution >= 0.6 is 11.3 Å². The van der Waals surface area contributed by atoms with Gasteiger partial charge >= 0.3 is 0 Å². The third kappa shape index (κ3) is 5.61. The molecule has 2 aromatic carbocycles. The van der Waals surface area contributed by atoms with Gasteiger partial charge < -0.3 is 19.5 Å². The molecule has 3 aromatic rings. The van der Waals surface area contributed by atoms with Crippen LogP contribution in [-0.2, 0) is 20.9 Å². The summed E-state index contributed by atoms with van der Waals surface area (Å²) < 4.78 is 11.3. The predicted molar refractivity (Wildman–Crippen MR) is 143 cm³/mol. The Labute approximate surface area is 220 Å². The first-order chi connectivity index (χ1) is 18.0. The Morgan fingerprint density at radius 2 is 1.84 bits per heavy atom. The third-order valence-electron chi connectivity index (χ3n) is 6.73. The number of ether oxygens (including phenoxy) is 2. The number of Topliss-reactive ketones (excluding diaryl/α,β-unsaturated/α-hetero) is 1. The van der Waals surface area contributed by atoms with Gasteiger partial charge in [-0.1, -0.05) is 35.9 Å². The fourth-order valence-electron chi connectivity index (χ4n) is 4.76. The van der Waals surface area contributed by atoms with Crippen LogP contribution in [0.3, 0.4) is 0 Å². The van der Waals surface area contributed by atoms with Gasteiger partial charge in [-0.2, -0.15) is 0 Å². The molecule has 0 unspecified atom stereocenters. The van der Waals surface area contributed by atoms with Gasteiger partial charge in [0.2, 0.25) is 0 Å². The van der Waals surface area contributed by atoms with E-state index in [-0.39, 0.29) is 11.3 Å². The van der Waals surface area contributed by atoms with Crippen molar-refractivity contribution in [1.29, 1.82) is 0 Å². The number of likely N-dealkylation sites (tertiary alicyclic amines) is 1. The van der Waals surface area contributed by atoms with E-state index in [0.29, 0.717) is 44.2 Å². The Bertz CT molecular complexity index is 1280. The molecule has 0 saturated carbocycles. The van der Waals surface area contributed by atoms with Crippen LogP contribution in [0.4, 0.5) is 0 Å². The standard InChI is InChI=1S/C29H30N2O5S/c1-20-4-2-5-21(18-20)19-36-23-9-7-22(8-10-23)27(32)25-26(24-6-3-17-37-24)31(29(34)28(25)33)12-11-30-13-15-35-16-14-30/h2-10,17-18,26,32H,11-16,19H2,1H3/t26-/m1/s1. The molecule has 5 rings (SSSR count). The van der Waals surface area contributed by atoms with Gasteiger partial charge in [-0.25, -0.2) is 0 Å². The largest absolute Gasteiger partial charge is 0.507 e. The summed E-state index contributed by atoms with van der Waals surface area (Å²) in [4.78, 5) is 30.9. The highest BCUT2D eigenvalue weighted by Gasteiger charge is 2.46. The molecule has 1 atom stereocenters. The van der Waals surface area contributed by atoms with Crippen molar-refractivity contribution in [2.45, 2.75) is 19.6 Å². The number of hydrogen-bond donors (Lipinski definition) is 1. The van der Waals surface area contributed by atoms with Gasteiger partial charge in [0.05, 0.1) is 24.8 Å². The van der Waals surface area contributed by atoms with E-state index in [9.17, 15) is 14.7 Å². The fraction of sp³-hybridized carbons (Fsp3) is 0.310. The molecule has 37 heavy (non-hydrogen) atoms. The van der Waals surface area contributed by atoms with Gasteiger partial charge in [-0.3, -0.25) is 14.5 Å². The van der Waals surface area contributed by atoms with Crippen LogP contribution < -0.4 is 4.74 Å². The molecule has 2 saturated heterocycles. The number of aliphatic hydroxyl groups excluding tert-OH is 1. The molecule has 2 aliphatic rings. The summed E-state index contributed by atoms with van der Waals surface area (Å²) in [5.74, 6) is -0.751. The van der Waals surface area contributed by atoms with Crippen LogP contribution in [0.15, 0.2) is 71.6 Å². The predicted octanol–water partition coefficient (Wildman–Crippen LogP) is 4.39. The first-order valence-corrected chi connectivity index (χ1v) is 13.3. The number of thiophene rings is 1. The van der Waals surface area contributed by atoms with Crippen LogP contribution in [0, 0.1) is 6.92 Å². The average Bonchev–Trinajstić information content (AvgIpc) is 3.54. The van der Waals surface area contributed by atoms with Crippen LogP contribution in [0.5, 0.6) is 5.75 Å². The second kappa shape index (κ2) is 11.3. The van der Waals surface area contributed by atoms with Gasteiger partial charge in [-0.05, 0) is 48.2 Å². The molecular formula is C29H30N2O5S. The smallest absolute Gasteiger partial charge is 0.295 e. The summed E-state index contributed by atoms with van der Waals surface area (Å²) in [6, 6.07) is 18.3. The maximum absolute atomic E-state index is 13.2. The molecule has 1 amide bonds. The minimum Gasteiger partial charge on any atom is -0.507 e. The summed E-state index contributed by atoms with van der Waals surface area (Å²) in [5, 5.41) is 13.2. The minimum absolute atomic E-state index is 0.128. The highest BCUT2D eigenvalue weighted by atomic mass is 32.1. The van der Waals surface area contributed by atoms with Gasteiger partial charge in [0, 0.05) is 36.6 Å². The normalized spacial score (nSPS) is 19.9. The van der Waals surface area contributed by atoms with E-state index in [1.807, 2.05) is 42.6 Å². The molecule has 1 aromatic heterocycles. The van der Waals surface area contributed by atoms with E-state index in [0.717, 1.165) is 23.5 Å². The number of morpholine rings is 1. The van der Waals surface area contributed by atoms with E-state index >= 15 is 0 Å². The molecule has 0 aliphatic carbocycles. The maximum Gasteiger partial charge on any atom is 0.295 e. The van der Waals surface area contributed by atoms with Crippen molar-refractivity contribution in [3.05, 3.63) is 93.2 Å². The lowest BCUT2D eigenvalue weighted by atomic mass is 10.00. The van der Waals surface area contributed by atoms with Gasteiger partial charge in [-0.15, -0.1) is 11.3 Å². The molecule has 8 heteroatoms. The molecule has 3 heterocycles. The van der Waals surface area contributed by atoms with E-state index in [4.69, 9.17) is 9.47 Å².